The van der Waals surface area contributed by atoms with Gasteiger partial charge in [-0.25, -0.2) is 0 Å². The van der Waals surface area contributed by atoms with Crippen molar-refractivity contribution in [2.24, 2.45) is 5.92 Å². The molecule has 4 rings (SSSR count). The second kappa shape index (κ2) is 9.21. The van der Waals surface area contributed by atoms with Crippen LogP contribution in [0.3, 0.4) is 0 Å². The standard InChI is InChI=1S/C24H32N2O.C2H6/c1-18-6-4-8-21(14-18)26-13-12-25-16-19(2)24(3,11-10-22(25)17-26)20-7-5-9-23(27)15-20;1-2/h4-9,14-15,19,22,27H,10-13,16-17H2,1-3H3;1-2H3. The SMILES string of the molecule is CC.Cc1cccc(N2CCN3CC(C)C(C)(c4cccc(O)c4)CCC3C2)c1. The summed E-state index contributed by atoms with van der Waals surface area (Å²) in [5.74, 6) is 0.948. The van der Waals surface area contributed by atoms with E-state index in [-0.39, 0.29) is 5.41 Å². The highest BCUT2D eigenvalue weighted by molar-refractivity contribution is 5.49. The first-order chi connectivity index (χ1) is 14.0. The second-order valence-corrected chi connectivity index (χ2v) is 8.84. The lowest BCUT2D eigenvalue weighted by Gasteiger charge is -2.42. The molecule has 3 unspecified atom stereocenters. The molecule has 3 nitrogen and oxygen atoms in total. The van der Waals surface area contributed by atoms with E-state index in [0.717, 1.165) is 26.2 Å². The molecule has 2 aliphatic heterocycles. The van der Waals surface area contributed by atoms with E-state index >= 15 is 0 Å². The molecule has 29 heavy (non-hydrogen) atoms. The van der Waals surface area contributed by atoms with Gasteiger partial charge in [0.2, 0.25) is 0 Å². The molecule has 0 bridgehead atoms. The number of anilines is 1. The maximum absolute atomic E-state index is 9.99. The van der Waals surface area contributed by atoms with Crippen LogP contribution in [-0.4, -0.2) is 42.2 Å². The Balaban J connectivity index is 0.00000117. The molecule has 2 aromatic carbocycles. The van der Waals surface area contributed by atoms with Crippen molar-refractivity contribution >= 4 is 5.69 Å². The number of rotatable bonds is 2. The summed E-state index contributed by atoms with van der Waals surface area (Å²) >= 11 is 0. The number of phenols is 1. The second-order valence-electron chi connectivity index (χ2n) is 8.84. The molecular weight excluding hydrogens is 356 g/mol. The van der Waals surface area contributed by atoms with Crippen LogP contribution in [0.25, 0.3) is 0 Å². The third kappa shape index (κ3) is 4.61. The summed E-state index contributed by atoms with van der Waals surface area (Å²) in [4.78, 5) is 5.28. The van der Waals surface area contributed by atoms with Crippen molar-refractivity contribution in [2.75, 3.05) is 31.1 Å². The van der Waals surface area contributed by atoms with Crippen LogP contribution in [0, 0.1) is 12.8 Å². The summed E-state index contributed by atoms with van der Waals surface area (Å²) < 4.78 is 0. The number of hydrogen-bond acceptors (Lipinski definition) is 3. The lowest BCUT2D eigenvalue weighted by molar-refractivity contribution is 0.157. The number of phenolic OH excluding ortho intramolecular Hbond substituents is 1. The molecule has 3 heteroatoms. The van der Waals surface area contributed by atoms with E-state index in [9.17, 15) is 5.11 Å². The van der Waals surface area contributed by atoms with Gasteiger partial charge in [-0.15, -0.1) is 0 Å². The van der Waals surface area contributed by atoms with Crippen molar-refractivity contribution < 1.29 is 5.11 Å². The molecule has 158 valence electrons. The topological polar surface area (TPSA) is 26.7 Å². The molecule has 0 radical (unpaired) electrons. The molecule has 2 heterocycles. The molecule has 2 saturated heterocycles. The summed E-state index contributed by atoms with van der Waals surface area (Å²) in [6, 6.07) is 17.4. The zero-order valence-electron chi connectivity index (χ0n) is 18.9. The first kappa shape index (κ1) is 21.7. The zero-order chi connectivity index (χ0) is 21.0. The number of fused-ring (bicyclic) bond motifs is 1. The number of aromatic hydroxyl groups is 1. The number of benzene rings is 2. The van der Waals surface area contributed by atoms with Crippen LogP contribution >= 0.6 is 0 Å². The van der Waals surface area contributed by atoms with Crippen LogP contribution in [-0.2, 0) is 5.41 Å². The van der Waals surface area contributed by atoms with E-state index in [1.807, 2.05) is 26.0 Å². The molecule has 0 amide bonds. The summed E-state index contributed by atoms with van der Waals surface area (Å²) in [7, 11) is 0. The summed E-state index contributed by atoms with van der Waals surface area (Å²) in [5, 5.41) is 9.99. The van der Waals surface area contributed by atoms with Crippen molar-refractivity contribution in [3.8, 4) is 5.75 Å². The van der Waals surface area contributed by atoms with Crippen LogP contribution in [0.15, 0.2) is 48.5 Å². The van der Waals surface area contributed by atoms with E-state index in [2.05, 4.69) is 60.9 Å². The molecule has 0 aromatic heterocycles. The Kier molecular flexibility index (Phi) is 6.89. The highest BCUT2D eigenvalue weighted by Gasteiger charge is 2.40. The number of nitrogens with zero attached hydrogens (tertiary/aromatic N) is 2. The van der Waals surface area contributed by atoms with Crippen molar-refractivity contribution in [3.63, 3.8) is 0 Å². The van der Waals surface area contributed by atoms with Gasteiger partial charge in [0.05, 0.1) is 0 Å². The van der Waals surface area contributed by atoms with Crippen LogP contribution in [0.2, 0.25) is 0 Å². The first-order valence-electron chi connectivity index (χ1n) is 11.3. The predicted octanol–water partition coefficient (Wildman–Crippen LogP) is 5.61. The Morgan fingerprint density at radius 1 is 1.00 bits per heavy atom. The van der Waals surface area contributed by atoms with Crippen molar-refractivity contribution in [1.29, 1.82) is 0 Å². The maximum atomic E-state index is 9.99. The Bertz CT molecular complexity index is 805. The summed E-state index contributed by atoms with van der Waals surface area (Å²) in [5.41, 5.74) is 4.10. The normalized spacial score (nSPS) is 27.4. The minimum absolute atomic E-state index is 0.115. The zero-order valence-corrected chi connectivity index (χ0v) is 18.9. The van der Waals surface area contributed by atoms with Gasteiger partial charge in [0.25, 0.3) is 0 Å². The predicted molar refractivity (Wildman–Crippen MR) is 124 cm³/mol. The van der Waals surface area contributed by atoms with E-state index in [1.54, 1.807) is 6.07 Å². The maximum Gasteiger partial charge on any atom is 0.115 e. The molecule has 2 fully saturated rings. The number of hydrogen-bond donors (Lipinski definition) is 1. The molecular formula is C26H38N2O. The Morgan fingerprint density at radius 3 is 2.48 bits per heavy atom. The summed E-state index contributed by atoms with van der Waals surface area (Å²) in [6.07, 6.45) is 2.37. The van der Waals surface area contributed by atoms with Gasteiger partial charge in [0, 0.05) is 37.9 Å². The molecule has 0 spiro atoms. The minimum atomic E-state index is 0.115. The number of piperazine rings is 1. The third-order valence-electron chi connectivity index (χ3n) is 7.07. The molecule has 1 N–H and O–H groups in total. The van der Waals surface area contributed by atoms with Crippen molar-refractivity contribution in [2.45, 2.75) is 58.9 Å². The van der Waals surface area contributed by atoms with Crippen LogP contribution in [0.1, 0.15) is 51.7 Å². The van der Waals surface area contributed by atoms with Gasteiger partial charge < -0.3 is 10.0 Å². The van der Waals surface area contributed by atoms with E-state index in [4.69, 9.17) is 0 Å². The van der Waals surface area contributed by atoms with Gasteiger partial charge in [-0.05, 0) is 66.5 Å². The molecule has 2 aliphatic rings. The quantitative estimate of drug-likeness (QED) is 0.718. The average molecular weight is 395 g/mol. The number of aryl methyl sites for hydroxylation is 1. The fraction of sp³-hybridized carbons (Fsp3) is 0.538. The summed E-state index contributed by atoms with van der Waals surface area (Å²) in [6.45, 7) is 15.5. The lowest BCUT2D eigenvalue weighted by atomic mass is 9.70. The minimum Gasteiger partial charge on any atom is -0.508 e. The van der Waals surface area contributed by atoms with E-state index in [0.29, 0.717) is 17.7 Å². The monoisotopic (exact) mass is 394 g/mol. The van der Waals surface area contributed by atoms with Gasteiger partial charge in [0.15, 0.2) is 0 Å². The largest absolute Gasteiger partial charge is 0.508 e. The van der Waals surface area contributed by atoms with Crippen molar-refractivity contribution in [3.05, 3.63) is 59.7 Å². The van der Waals surface area contributed by atoms with Gasteiger partial charge in [0.1, 0.15) is 5.75 Å². The Morgan fingerprint density at radius 2 is 1.76 bits per heavy atom. The lowest BCUT2D eigenvalue weighted by Crippen LogP contribution is -2.53. The highest BCUT2D eigenvalue weighted by atomic mass is 16.3. The molecule has 0 saturated carbocycles. The highest BCUT2D eigenvalue weighted by Crippen LogP contribution is 2.42. The molecule has 3 atom stereocenters. The average Bonchev–Trinajstić information content (AvgIpc) is 2.86. The fourth-order valence-corrected chi connectivity index (χ4v) is 5.02. The van der Waals surface area contributed by atoms with Gasteiger partial charge in [-0.2, -0.15) is 0 Å². The smallest absolute Gasteiger partial charge is 0.115 e. The Labute approximate surface area is 177 Å². The van der Waals surface area contributed by atoms with Gasteiger partial charge in [-0.1, -0.05) is 52.0 Å². The first-order valence-corrected chi connectivity index (χ1v) is 11.3. The fourth-order valence-electron chi connectivity index (χ4n) is 5.02. The van der Waals surface area contributed by atoms with Crippen molar-refractivity contribution in [1.82, 2.24) is 4.90 Å². The van der Waals surface area contributed by atoms with Crippen LogP contribution in [0.4, 0.5) is 5.69 Å². The molecule has 2 aromatic rings. The van der Waals surface area contributed by atoms with Crippen LogP contribution in [0.5, 0.6) is 5.75 Å². The van der Waals surface area contributed by atoms with Gasteiger partial charge in [-0.3, -0.25) is 4.90 Å². The third-order valence-corrected chi connectivity index (χ3v) is 7.07. The van der Waals surface area contributed by atoms with Crippen LogP contribution < -0.4 is 4.90 Å². The van der Waals surface area contributed by atoms with E-state index < -0.39 is 0 Å². The van der Waals surface area contributed by atoms with Gasteiger partial charge >= 0.3 is 0 Å². The van der Waals surface area contributed by atoms with E-state index in [1.165, 1.54) is 29.7 Å². The molecule has 0 aliphatic carbocycles. The Hall–Kier alpha value is -2.00.